The Morgan fingerprint density at radius 2 is 1.94 bits per heavy atom. The molecule has 0 aliphatic carbocycles. The van der Waals surface area contributed by atoms with Gasteiger partial charge in [-0.2, -0.15) is 16.9 Å². The highest BCUT2D eigenvalue weighted by Gasteiger charge is 2.34. The van der Waals surface area contributed by atoms with Gasteiger partial charge in [0.15, 0.2) is 0 Å². The fourth-order valence-electron chi connectivity index (χ4n) is 1.61. The molecule has 0 saturated carbocycles. The molecule has 1 N–H and O–H groups in total. The molecule has 1 heterocycles. The van der Waals surface area contributed by atoms with Crippen LogP contribution < -0.4 is 5.32 Å². The monoisotopic (exact) mass is 282 g/mol. The molecule has 96 valence electrons. The first-order valence-corrected chi connectivity index (χ1v) is 7.46. The first-order chi connectivity index (χ1) is 8.54. The van der Waals surface area contributed by atoms with E-state index in [1.165, 1.54) is 4.31 Å². The van der Waals surface area contributed by atoms with Gasteiger partial charge in [0.1, 0.15) is 0 Å². The Bertz CT molecular complexity index is 579. The first kappa shape index (κ1) is 13.3. The number of nitrogens with zero attached hydrogens (tertiary/aromatic N) is 1. The van der Waals surface area contributed by atoms with Crippen LogP contribution in [0.15, 0.2) is 29.2 Å². The smallest absolute Gasteiger partial charge is 0.243 e. The Labute approximate surface area is 113 Å². The molecule has 0 bridgehead atoms. The topological polar surface area (TPSA) is 49.4 Å². The zero-order valence-electron chi connectivity index (χ0n) is 9.92. The van der Waals surface area contributed by atoms with E-state index in [0.29, 0.717) is 18.0 Å². The predicted molar refractivity (Wildman–Crippen MR) is 75.0 cm³/mol. The van der Waals surface area contributed by atoms with Crippen molar-refractivity contribution in [2.24, 2.45) is 0 Å². The van der Waals surface area contributed by atoms with E-state index in [0.717, 1.165) is 5.69 Å². The second-order valence-corrected chi connectivity index (χ2v) is 6.67. The molecule has 1 fully saturated rings. The minimum Gasteiger partial charge on any atom is -0.315 e. The minimum atomic E-state index is -3.35. The van der Waals surface area contributed by atoms with Crippen LogP contribution in [0.1, 0.15) is 6.92 Å². The van der Waals surface area contributed by atoms with Gasteiger partial charge in [-0.15, -0.1) is 0 Å². The van der Waals surface area contributed by atoms with Crippen LogP contribution in [0.5, 0.6) is 0 Å². The summed E-state index contributed by atoms with van der Waals surface area (Å²) in [5.41, 5.74) is 0.777. The second-order valence-electron chi connectivity index (χ2n) is 4.00. The Hall–Kier alpha value is -1.16. The van der Waals surface area contributed by atoms with Gasteiger partial charge in [-0.1, -0.05) is 5.92 Å². The zero-order valence-corrected chi connectivity index (χ0v) is 11.6. The van der Waals surface area contributed by atoms with Crippen molar-refractivity contribution >= 4 is 28.3 Å². The summed E-state index contributed by atoms with van der Waals surface area (Å²) in [5, 5.41) is 3.01. The average molecular weight is 282 g/mol. The van der Waals surface area contributed by atoms with Crippen LogP contribution in [0.3, 0.4) is 0 Å². The van der Waals surface area contributed by atoms with Crippen LogP contribution >= 0.6 is 12.6 Å². The summed E-state index contributed by atoms with van der Waals surface area (Å²) in [4.78, 5) is 0.303. The quantitative estimate of drug-likeness (QED) is 0.500. The molecule has 1 saturated heterocycles. The van der Waals surface area contributed by atoms with Crippen molar-refractivity contribution in [3.05, 3.63) is 24.3 Å². The number of nitrogens with one attached hydrogen (secondary N) is 1. The highest BCUT2D eigenvalue weighted by atomic mass is 32.2. The molecule has 1 aliphatic rings. The van der Waals surface area contributed by atoms with E-state index in [2.05, 4.69) is 29.9 Å². The molecule has 18 heavy (non-hydrogen) atoms. The molecule has 1 aliphatic heterocycles. The molecule has 4 nitrogen and oxygen atoms in total. The SMILES string of the molecule is CC#CNc1ccc(S(=O)(=O)N2CC(S)C2)cc1. The van der Waals surface area contributed by atoms with Crippen molar-refractivity contribution in [1.82, 2.24) is 4.31 Å². The van der Waals surface area contributed by atoms with Crippen LogP contribution in [0, 0.1) is 12.0 Å². The summed E-state index contributed by atoms with van der Waals surface area (Å²) in [6.07, 6.45) is 0. The molecule has 6 heteroatoms. The van der Waals surface area contributed by atoms with Crippen LogP contribution in [0.25, 0.3) is 0 Å². The average Bonchev–Trinajstić information content (AvgIpc) is 2.33. The van der Waals surface area contributed by atoms with Crippen molar-refractivity contribution in [1.29, 1.82) is 0 Å². The van der Waals surface area contributed by atoms with Crippen molar-refractivity contribution < 1.29 is 8.42 Å². The van der Waals surface area contributed by atoms with Gasteiger partial charge in [0.2, 0.25) is 10.0 Å². The molecule has 0 unspecified atom stereocenters. The largest absolute Gasteiger partial charge is 0.315 e. The summed E-state index contributed by atoms with van der Waals surface area (Å²) in [6.45, 7) is 2.68. The van der Waals surface area contributed by atoms with Crippen LogP contribution in [-0.2, 0) is 10.0 Å². The number of benzene rings is 1. The second kappa shape index (κ2) is 5.22. The van der Waals surface area contributed by atoms with E-state index < -0.39 is 10.0 Å². The predicted octanol–water partition coefficient (Wildman–Crippen LogP) is 1.38. The lowest BCUT2D eigenvalue weighted by atomic mass is 10.3. The van der Waals surface area contributed by atoms with Gasteiger partial charge in [-0.25, -0.2) is 8.42 Å². The number of sulfonamides is 1. The van der Waals surface area contributed by atoms with Crippen molar-refractivity contribution in [2.45, 2.75) is 17.1 Å². The highest BCUT2D eigenvalue weighted by molar-refractivity contribution is 7.89. The maximum absolute atomic E-state index is 12.1. The highest BCUT2D eigenvalue weighted by Crippen LogP contribution is 2.24. The van der Waals surface area contributed by atoms with Crippen molar-refractivity contribution in [2.75, 3.05) is 18.4 Å². The lowest BCUT2D eigenvalue weighted by Crippen LogP contribution is -2.50. The molecular formula is C12H14N2O2S2. The van der Waals surface area contributed by atoms with Gasteiger partial charge in [0, 0.05) is 30.1 Å². The third-order valence-corrected chi connectivity index (χ3v) is 4.83. The number of hydrogen-bond donors (Lipinski definition) is 2. The van der Waals surface area contributed by atoms with E-state index in [1.807, 2.05) is 0 Å². The number of anilines is 1. The summed E-state index contributed by atoms with van der Waals surface area (Å²) in [7, 11) is -3.35. The maximum atomic E-state index is 12.1. The van der Waals surface area contributed by atoms with Gasteiger partial charge < -0.3 is 5.32 Å². The minimum absolute atomic E-state index is 0.153. The fourth-order valence-corrected chi connectivity index (χ4v) is 3.75. The van der Waals surface area contributed by atoms with Crippen molar-refractivity contribution in [3.8, 4) is 12.0 Å². The van der Waals surface area contributed by atoms with Crippen LogP contribution in [0.2, 0.25) is 0 Å². The van der Waals surface area contributed by atoms with Gasteiger partial charge in [0.05, 0.1) is 4.90 Å². The van der Waals surface area contributed by atoms with E-state index >= 15 is 0 Å². The molecule has 0 amide bonds. The Balaban J connectivity index is 2.15. The molecule has 0 spiro atoms. The van der Waals surface area contributed by atoms with Gasteiger partial charge in [0.25, 0.3) is 0 Å². The Kier molecular flexibility index (Phi) is 3.85. The molecule has 2 rings (SSSR count). The van der Waals surface area contributed by atoms with Gasteiger partial charge in [-0.3, -0.25) is 0 Å². The van der Waals surface area contributed by atoms with E-state index in [4.69, 9.17) is 0 Å². The molecule has 1 aromatic carbocycles. The van der Waals surface area contributed by atoms with E-state index in [1.54, 1.807) is 31.2 Å². The first-order valence-electron chi connectivity index (χ1n) is 5.50. The maximum Gasteiger partial charge on any atom is 0.243 e. The fraction of sp³-hybridized carbons (Fsp3) is 0.333. The van der Waals surface area contributed by atoms with Crippen molar-refractivity contribution in [3.63, 3.8) is 0 Å². The third kappa shape index (κ3) is 2.64. The summed E-state index contributed by atoms with van der Waals surface area (Å²) < 4.78 is 25.7. The van der Waals surface area contributed by atoms with Gasteiger partial charge in [-0.05, 0) is 31.2 Å². The lowest BCUT2D eigenvalue weighted by molar-refractivity contribution is 0.321. The van der Waals surface area contributed by atoms with E-state index in [9.17, 15) is 8.42 Å². The third-order valence-electron chi connectivity index (χ3n) is 2.65. The summed E-state index contributed by atoms with van der Waals surface area (Å²) >= 11 is 4.21. The summed E-state index contributed by atoms with van der Waals surface area (Å²) in [5.74, 6) is 2.71. The Morgan fingerprint density at radius 3 is 2.44 bits per heavy atom. The standard InChI is InChI=1S/C12H14N2O2S2/c1-2-7-13-10-3-5-12(6-4-10)18(15,16)14-8-11(17)9-14/h3-6,11,13,17H,8-9H2,1H3. The molecular weight excluding hydrogens is 268 g/mol. The lowest BCUT2D eigenvalue weighted by Gasteiger charge is -2.35. The number of thiol groups is 1. The normalized spacial score (nSPS) is 16.6. The molecule has 0 atom stereocenters. The number of hydrogen-bond acceptors (Lipinski definition) is 4. The molecule has 0 aromatic heterocycles. The number of rotatable bonds is 3. The summed E-state index contributed by atoms with van der Waals surface area (Å²) in [6, 6.07) is 9.28. The van der Waals surface area contributed by atoms with Crippen LogP contribution in [0.4, 0.5) is 5.69 Å². The van der Waals surface area contributed by atoms with Gasteiger partial charge >= 0.3 is 0 Å². The Morgan fingerprint density at radius 1 is 1.33 bits per heavy atom. The van der Waals surface area contributed by atoms with Crippen LogP contribution in [-0.4, -0.2) is 31.1 Å². The molecule has 1 aromatic rings. The molecule has 0 radical (unpaired) electrons. The zero-order chi connectivity index (χ0) is 13.2. The van der Waals surface area contributed by atoms with E-state index in [-0.39, 0.29) is 5.25 Å².